The average molecular weight is 343 g/mol. The fraction of sp³-hybridized carbons (Fsp3) is 0.421. The first-order chi connectivity index (χ1) is 11.7. The van der Waals surface area contributed by atoms with Gasteiger partial charge in [-0.1, -0.05) is 17.7 Å². The van der Waals surface area contributed by atoms with Crippen LogP contribution in [0.15, 0.2) is 12.1 Å². The number of nitrogens with one attached hydrogen (secondary N) is 2. The van der Waals surface area contributed by atoms with Crippen LogP contribution in [0.25, 0.3) is 0 Å². The summed E-state index contributed by atoms with van der Waals surface area (Å²) in [6.45, 7) is 11.0. The van der Waals surface area contributed by atoms with Gasteiger partial charge in [0.1, 0.15) is 0 Å². The second-order valence-electron chi connectivity index (χ2n) is 6.50. The number of aromatic nitrogens is 2. The zero-order chi connectivity index (χ0) is 18.7. The van der Waals surface area contributed by atoms with E-state index in [1.165, 1.54) is 0 Å². The third-order valence-corrected chi connectivity index (χ3v) is 4.26. The SMILES string of the molecule is Cc1cc(C)c(NC(=O)COC(=O)[C@H](C)c2c(C)n[nH]c2C)c(C)c1. The lowest BCUT2D eigenvalue weighted by Gasteiger charge is -2.14. The Labute approximate surface area is 148 Å². The maximum atomic E-state index is 12.2. The van der Waals surface area contributed by atoms with Crippen LogP contribution in [-0.4, -0.2) is 28.7 Å². The van der Waals surface area contributed by atoms with Gasteiger partial charge in [0.05, 0.1) is 11.6 Å². The first-order valence-electron chi connectivity index (χ1n) is 8.26. The van der Waals surface area contributed by atoms with E-state index in [1.54, 1.807) is 6.92 Å². The zero-order valence-corrected chi connectivity index (χ0v) is 15.6. The summed E-state index contributed by atoms with van der Waals surface area (Å²) < 4.78 is 5.18. The zero-order valence-electron chi connectivity index (χ0n) is 15.6. The number of esters is 1. The van der Waals surface area contributed by atoms with Gasteiger partial charge in [-0.15, -0.1) is 0 Å². The molecule has 0 saturated carbocycles. The van der Waals surface area contributed by atoms with E-state index in [4.69, 9.17) is 4.74 Å². The van der Waals surface area contributed by atoms with Crippen molar-refractivity contribution >= 4 is 17.6 Å². The summed E-state index contributed by atoms with van der Waals surface area (Å²) >= 11 is 0. The molecular weight excluding hydrogens is 318 g/mol. The standard InChI is InChI=1S/C19H25N3O3/c1-10-7-11(2)18(12(3)8-10)20-16(23)9-25-19(24)13(4)17-14(5)21-22-15(17)6/h7-8,13H,9H2,1-6H3,(H,20,23)(H,21,22)/t13-/m1/s1. The van der Waals surface area contributed by atoms with Crippen LogP contribution >= 0.6 is 0 Å². The van der Waals surface area contributed by atoms with Crippen LogP contribution in [-0.2, 0) is 14.3 Å². The molecule has 2 rings (SSSR count). The van der Waals surface area contributed by atoms with E-state index in [0.717, 1.165) is 39.3 Å². The van der Waals surface area contributed by atoms with Crippen molar-refractivity contribution in [3.63, 3.8) is 0 Å². The monoisotopic (exact) mass is 343 g/mol. The van der Waals surface area contributed by atoms with Gasteiger partial charge >= 0.3 is 5.97 Å². The van der Waals surface area contributed by atoms with Gasteiger partial charge in [-0.25, -0.2) is 0 Å². The van der Waals surface area contributed by atoms with Crippen LogP contribution in [0.3, 0.4) is 0 Å². The van der Waals surface area contributed by atoms with E-state index in [0.29, 0.717) is 0 Å². The molecule has 134 valence electrons. The number of rotatable bonds is 5. The number of amides is 1. The molecule has 0 radical (unpaired) electrons. The predicted octanol–water partition coefficient (Wildman–Crippen LogP) is 3.24. The molecule has 0 saturated heterocycles. The van der Waals surface area contributed by atoms with Crippen molar-refractivity contribution in [2.45, 2.75) is 47.5 Å². The fourth-order valence-electron chi connectivity index (χ4n) is 3.13. The summed E-state index contributed by atoms with van der Waals surface area (Å²) in [6.07, 6.45) is 0. The van der Waals surface area contributed by atoms with E-state index in [1.807, 2.05) is 46.8 Å². The van der Waals surface area contributed by atoms with Crippen molar-refractivity contribution in [3.05, 3.63) is 45.8 Å². The Hall–Kier alpha value is -2.63. The smallest absolute Gasteiger partial charge is 0.313 e. The molecule has 0 aliphatic carbocycles. The molecule has 0 bridgehead atoms. The highest BCUT2D eigenvalue weighted by Crippen LogP contribution is 2.23. The number of aryl methyl sites for hydroxylation is 5. The number of carbonyl (C=O) groups is 2. The largest absolute Gasteiger partial charge is 0.455 e. The van der Waals surface area contributed by atoms with Crippen molar-refractivity contribution in [1.82, 2.24) is 10.2 Å². The van der Waals surface area contributed by atoms with Gasteiger partial charge in [0.2, 0.25) is 0 Å². The Balaban J connectivity index is 1.97. The molecule has 1 heterocycles. The maximum Gasteiger partial charge on any atom is 0.313 e. The van der Waals surface area contributed by atoms with Crippen LogP contribution < -0.4 is 5.32 Å². The summed E-state index contributed by atoms with van der Waals surface area (Å²) in [5.41, 5.74) is 6.27. The third-order valence-electron chi connectivity index (χ3n) is 4.26. The molecule has 1 aromatic heterocycles. The summed E-state index contributed by atoms with van der Waals surface area (Å²) in [5, 5.41) is 9.76. The van der Waals surface area contributed by atoms with E-state index >= 15 is 0 Å². The summed E-state index contributed by atoms with van der Waals surface area (Å²) in [7, 11) is 0. The maximum absolute atomic E-state index is 12.2. The Bertz CT molecular complexity index is 766. The second kappa shape index (κ2) is 7.51. The molecule has 0 fully saturated rings. The quantitative estimate of drug-likeness (QED) is 0.816. The molecule has 6 nitrogen and oxygen atoms in total. The van der Waals surface area contributed by atoms with E-state index in [-0.39, 0.29) is 12.5 Å². The van der Waals surface area contributed by atoms with Crippen LogP contribution in [0.1, 0.15) is 46.5 Å². The van der Waals surface area contributed by atoms with Crippen LogP contribution in [0, 0.1) is 34.6 Å². The number of H-pyrrole nitrogens is 1. The van der Waals surface area contributed by atoms with Gasteiger partial charge in [0.15, 0.2) is 6.61 Å². The van der Waals surface area contributed by atoms with E-state index < -0.39 is 11.9 Å². The lowest BCUT2D eigenvalue weighted by atomic mass is 9.99. The van der Waals surface area contributed by atoms with Crippen molar-refractivity contribution in [2.75, 3.05) is 11.9 Å². The minimum atomic E-state index is -0.477. The Kier molecular flexibility index (Phi) is 5.62. The summed E-state index contributed by atoms with van der Waals surface area (Å²) in [6, 6.07) is 4.00. The molecule has 2 N–H and O–H groups in total. The number of carbonyl (C=O) groups excluding carboxylic acids is 2. The molecule has 0 aliphatic rings. The number of hydrogen-bond acceptors (Lipinski definition) is 4. The van der Waals surface area contributed by atoms with Crippen LogP contribution in [0.4, 0.5) is 5.69 Å². The molecule has 1 amide bonds. The predicted molar refractivity (Wildman–Crippen MR) is 96.7 cm³/mol. The Morgan fingerprint density at radius 2 is 1.76 bits per heavy atom. The van der Waals surface area contributed by atoms with E-state index in [9.17, 15) is 9.59 Å². The Morgan fingerprint density at radius 3 is 2.28 bits per heavy atom. The summed E-state index contributed by atoms with van der Waals surface area (Å²) in [5.74, 6) is -1.27. The van der Waals surface area contributed by atoms with Crippen molar-refractivity contribution in [2.24, 2.45) is 0 Å². The number of hydrogen-bond donors (Lipinski definition) is 2. The molecular formula is C19H25N3O3. The van der Waals surface area contributed by atoms with Gasteiger partial charge in [0, 0.05) is 16.9 Å². The number of aromatic amines is 1. The minimum absolute atomic E-state index is 0.314. The number of benzene rings is 1. The number of nitrogens with zero attached hydrogens (tertiary/aromatic N) is 1. The minimum Gasteiger partial charge on any atom is -0.455 e. The Morgan fingerprint density at radius 1 is 1.16 bits per heavy atom. The molecule has 2 aromatic rings. The lowest BCUT2D eigenvalue weighted by molar-refractivity contribution is -0.148. The highest BCUT2D eigenvalue weighted by molar-refractivity contribution is 5.94. The summed E-state index contributed by atoms with van der Waals surface area (Å²) in [4.78, 5) is 24.4. The topological polar surface area (TPSA) is 84.1 Å². The molecule has 1 aromatic carbocycles. The van der Waals surface area contributed by atoms with E-state index in [2.05, 4.69) is 15.5 Å². The van der Waals surface area contributed by atoms with Crippen molar-refractivity contribution < 1.29 is 14.3 Å². The van der Waals surface area contributed by atoms with Gasteiger partial charge in [-0.2, -0.15) is 5.10 Å². The average Bonchev–Trinajstić information content (AvgIpc) is 2.86. The number of anilines is 1. The first kappa shape index (κ1) is 18.7. The first-order valence-corrected chi connectivity index (χ1v) is 8.26. The highest BCUT2D eigenvalue weighted by Gasteiger charge is 2.23. The molecule has 0 unspecified atom stereocenters. The molecule has 1 atom stereocenters. The molecule has 6 heteroatoms. The van der Waals surface area contributed by atoms with Gasteiger partial charge < -0.3 is 10.1 Å². The fourth-order valence-corrected chi connectivity index (χ4v) is 3.13. The second-order valence-corrected chi connectivity index (χ2v) is 6.50. The normalized spacial score (nSPS) is 11.9. The van der Waals surface area contributed by atoms with Crippen molar-refractivity contribution in [3.8, 4) is 0 Å². The van der Waals surface area contributed by atoms with Gasteiger partial charge in [-0.3, -0.25) is 14.7 Å². The number of ether oxygens (including phenoxy) is 1. The molecule has 0 spiro atoms. The van der Waals surface area contributed by atoms with Crippen molar-refractivity contribution in [1.29, 1.82) is 0 Å². The van der Waals surface area contributed by atoms with Gasteiger partial charge in [-0.05, 0) is 52.7 Å². The lowest BCUT2D eigenvalue weighted by Crippen LogP contribution is -2.24. The molecule has 25 heavy (non-hydrogen) atoms. The van der Waals surface area contributed by atoms with Crippen LogP contribution in [0.2, 0.25) is 0 Å². The highest BCUT2D eigenvalue weighted by atomic mass is 16.5. The van der Waals surface area contributed by atoms with Crippen LogP contribution in [0.5, 0.6) is 0 Å². The molecule has 0 aliphatic heterocycles. The third kappa shape index (κ3) is 4.26. The van der Waals surface area contributed by atoms with Gasteiger partial charge in [0.25, 0.3) is 5.91 Å².